The Kier molecular flexibility index (Phi) is 73.1. The minimum absolute atomic E-state index is 0.108. The minimum atomic E-state index is -4.96. The van der Waals surface area contributed by atoms with Gasteiger partial charge in [-0.05, 0) is 37.5 Å². The van der Waals surface area contributed by atoms with Crippen LogP contribution in [0.3, 0.4) is 0 Å². The summed E-state index contributed by atoms with van der Waals surface area (Å²) < 4.78 is 68.8. The van der Waals surface area contributed by atoms with Crippen molar-refractivity contribution in [3.8, 4) is 0 Å². The zero-order valence-electron chi connectivity index (χ0n) is 66.9. The second kappa shape index (κ2) is 74.5. The van der Waals surface area contributed by atoms with E-state index in [1.165, 1.54) is 257 Å². The lowest BCUT2D eigenvalue weighted by atomic mass is 9.99. The normalized spacial score (nSPS) is 14.1. The number of aliphatic hydroxyl groups excluding tert-OH is 1. The average molecular weight is 1490 g/mol. The Labute approximate surface area is 626 Å². The number of phosphoric ester groups is 2. The Bertz CT molecular complexity index is 1960. The van der Waals surface area contributed by atoms with Crippen molar-refractivity contribution >= 4 is 39.5 Å². The van der Waals surface area contributed by atoms with Crippen LogP contribution in [0, 0.1) is 11.8 Å². The quantitative estimate of drug-likeness (QED) is 0.0222. The number of rotatable bonds is 82. The van der Waals surface area contributed by atoms with Crippen LogP contribution >= 0.6 is 15.6 Å². The molecule has 0 aromatic heterocycles. The molecule has 0 amide bonds. The molecule has 0 aliphatic heterocycles. The lowest BCUT2D eigenvalue weighted by Crippen LogP contribution is -2.30. The van der Waals surface area contributed by atoms with E-state index in [2.05, 4.69) is 41.5 Å². The van der Waals surface area contributed by atoms with Crippen LogP contribution in [0.15, 0.2) is 0 Å². The number of hydrogen-bond donors (Lipinski definition) is 3. The van der Waals surface area contributed by atoms with E-state index >= 15 is 0 Å². The molecule has 0 radical (unpaired) electrons. The van der Waals surface area contributed by atoms with Crippen LogP contribution in [0.2, 0.25) is 0 Å². The van der Waals surface area contributed by atoms with E-state index in [9.17, 15) is 43.2 Å². The third-order valence-electron chi connectivity index (χ3n) is 19.8. The molecule has 17 nitrogen and oxygen atoms in total. The highest BCUT2D eigenvalue weighted by atomic mass is 31.2. The molecule has 6 atom stereocenters. The molecule has 0 aliphatic rings. The van der Waals surface area contributed by atoms with E-state index in [-0.39, 0.29) is 25.7 Å². The molecule has 0 aromatic carbocycles. The van der Waals surface area contributed by atoms with Gasteiger partial charge >= 0.3 is 39.5 Å². The largest absolute Gasteiger partial charge is 0.472 e. The van der Waals surface area contributed by atoms with Gasteiger partial charge in [-0.3, -0.25) is 37.3 Å². The summed E-state index contributed by atoms with van der Waals surface area (Å²) in [5.41, 5.74) is 0. The molecule has 0 aliphatic carbocycles. The van der Waals surface area contributed by atoms with Crippen molar-refractivity contribution < 1.29 is 80.2 Å². The second-order valence-corrected chi connectivity index (χ2v) is 33.5. The Morgan fingerprint density at radius 3 is 0.745 bits per heavy atom. The van der Waals surface area contributed by atoms with Crippen molar-refractivity contribution in [2.75, 3.05) is 39.6 Å². The zero-order valence-corrected chi connectivity index (χ0v) is 68.7. The molecule has 0 rings (SSSR count). The highest BCUT2D eigenvalue weighted by Crippen LogP contribution is 2.45. The van der Waals surface area contributed by atoms with Crippen LogP contribution in [-0.4, -0.2) is 96.7 Å². The molecule has 0 saturated heterocycles. The number of carbonyl (C=O) groups excluding carboxylic acids is 4. The van der Waals surface area contributed by atoms with Crippen LogP contribution in [0.4, 0.5) is 0 Å². The fourth-order valence-electron chi connectivity index (χ4n) is 12.9. The summed E-state index contributed by atoms with van der Waals surface area (Å²) in [6.07, 6.45) is 65.1. The van der Waals surface area contributed by atoms with Crippen LogP contribution in [0.5, 0.6) is 0 Å². The molecule has 0 saturated carbocycles. The molecule has 0 aromatic rings. The van der Waals surface area contributed by atoms with Gasteiger partial charge in [0.05, 0.1) is 26.4 Å². The Morgan fingerprint density at radius 1 is 0.284 bits per heavy atom. The van der Waals surface area contributed by atoms with Crippen molar-refractivity contribution in [3.05, 3.63) is 0 Å². The number of esters is 4. The number of ether oxygens (including phenoxy) is 4. The maximum atomic E-state index is 13.1. The Balaban J connectivity index is 5.26. The molecule has 0 fully saturated rings. The minimum Gasteiger partial charge on any atom is -0.462 e. The first kappa shape index (κ1) is 100. The van der Waals surface area contributed by atoms with Gasteiger partial charge in [0, 0.05) is 25.7 Å². The summed E-state index contributed by atoms with van der Waals surface area (Å²) in [6, 6.07) is 0. The van der Waals surface area contributed by atoms with Gasteiger partial charge in [0.25, 0.3) is 0 Å². The molecule has 0 heterocycles. The highest BCUT2D eigenvalue weighted by Gasteiger charge is 2.30. The fraction of sp³-hybridized carbons (Fsp3) is 0.952. The molecule has 606 valence electrons. The maximum absolute atomic E-state index is 13.1. The van der Waals surface area contributed by atoms with E-state index in [1.54, 1.807) is 0 Å². The molecule has 3 N–H and O–H groups in total. The summed E-state index contributed by atoms with van der Waals surface area (Å²) in [5, 5.41) is 10.7. The van der Waals surface area contributed by atoms with E-state index < -0.39 is 97.5 Å². The van der Waals surface area contributed by atoms with Crippen LogP contribution in [0.1, 0.15) is 440 Å². The summed E-state index contributed by atoms with van der Waals surface area (Å²) >= 11 is 0. The van der Waals surface area contributed by atoms with Crippen molar-refractivity contribution in [3.63, 3.8) is 0 Å². The van der Waals surface area contributed by atoms with Crippen LogP contribution in [-0.2, 0) is 65.4 Å². The monoisotopic (exact) mass is 1490 g/mol. The number of unbranched alkanes of at least 4 members (excludes halogenated alkanes) is 51. The van der Waals surface area contributed by atoms with Gasteiger partial charge < -0.3 is 33.8 Å². The number of phosphoric acid groups is 2. The summed E-state index contributed by atoms with van der Waals surface area (Å²) in [6.45, 7) is 9.69. The van der Waals surface area contributed by atoms with E-state index in [4.69, 9.17) is 37.0 Å². The van der Waals surface area contributed by atoms with Crippen molar-refractivity contribution in [2.24, 2.45) is 11.8 Å². The molecule has 3 unspecified atom stereocenters. The van der Waals surface area contributed by atoms with Gasteiger partial charge in [-0.15, -0.1) is 0 Å². The van der Waals surface area contributed by atoms with Crippen molar-refractivity contribution in [1.29, 1.82) is 0 Å². The lowest BCUT2D eigenvalue weighted by molar-refractivity contribution is -0.161. The lowest BCUT2D eigenvalue weighted by Gasteiger charge is -2.21. The van der Waals surface area contributed by atoms with Crippen LogP contribution < -0.4 is 0 Å². The van der Waals surface area contributed by atoms with Gasteiger partial charge in [-0.1, -0.05) is 388 Å². The van der Waals surface area contributed by atoms with E-state index in [0.29, 0.717) is 25.7 Å². The topological polar surface area (TPSA) is 237 Å². The maximum Gasteiger partial charge on any atom is 0.472 e. The van der Waals surface area contributed by atoms with Gasteiger partial charge in [0.1, 0.15) is 19.3 Å². The predicted molar refractivity (Wildman–Crippen MR) is 418 cm³/mol. The third-order valence-corrected chi connectivity index (χ3v) is 21.7. The van der Waals surface area contributed by atoms with Crippen molar-refractivity contribution in [1.82, 2.24) is 0 Å². The first-order chi connectivity index (χ1) is 49.4. The summed E-state index contributed by atoms with van der Waals surface area (Å²) in [7, 11) is -9.92. The Hall–Kier alpha value is -1.94. The van der Waals surface area contributed by atoms with Crippen LogP contribution in [0.25, 0.3) is 0 Å². The predicted octanol–water partition coefficient (Wildman–Crippen LogP) is 25.1. The first-order valence-corrected chi connectivity index (χ1v) is 46.0. The number of hydrogen-bond acceptors (Lipinski definition) is 15. The summed E-state index contributed by atoms with van der Waals surface area (Å²) in [5.74, 6) is -0.517. The SMILES string of the molecule is CCCCCCCCCCCCCCCCCCCC(=O)OC[C@H](COP(=O)(O)OC[C@@H](O)COP(=O)(O)OC[C@@H](COC(=O)CCCCCCCCCCC(C)CC)OC(=O)CCCCCCCCCCCCCCCC)OC(=O)CCCCCCCCCCCCCCCCCCC(C)C. The molecule has 19 heteroatoms. The first-order valence-electron chi connectivity index (χ1n) is 43.0. The third kappa shape index (κ3) is 74.9. The number of aliphatic hydroxyl groups is 1. The van der Waals surface area contributed by atoms with Gasteiger partial charge in [0.15, 0.2) is 12.2 Å². The van der Waals surface area contributed by atoms with Gasteiger partial charge in [-0.25, -0.2) is 9.13 Å². The van der Waals surface area contributed by atoms with Gasteiger partial charge in [-0.2, -0.15) is 0 Å². The summed E-state index contributed by atoms with van der Waals surface area (Å²) in [4.78, 5) is 73.1. The molecule has 102 heavy (non-hydrogen) atoms. The molecular formula is C83H162O17P2. The second-order valence-electron chi connectivity index (χ2n) is 30.6. The molecule has 0 spiro atoms. The van der Waals surface area contributed by atoms with Crippen molar-refractivity contribution in [2.45, 2.75) is 458 Å². The van der Waals surface area contributed by atoms with E-state index in [0.717, 1.165) is 102 Å². The van der Waals surface area contributed by atoms with E-state index in [1.807, 2.05) is 0 Å². The smallest absolute Gasteiger partial charge is 0.462 e. The molecular weight excluding hydrogens is 1330 g/mol. The average Bonchev–Trinajstić information content (AvgIpc) is 0.931. The zero-order chi connectivity index (χ0) is 74.9. The van der Waals surface area contributed by atoms with Gasteiger partial charge in [0.2, 0.25) is 0 Å². The Morgan fingerprint density at radius 2 is 0.500 bits per heavy atom. The number of carbonyl (C=O) groups is 4. The highest BCUT2D eigenvalue weighted by molar-refractivity contribution is 7.47. The standard InChI is InChI=1S/C83H162O17P2/c1-7-10-12-14-16-18-20-22-24-25-29-33-36-40-47-53-59-65-80(85)93-71-78(99-83(88)68-62-56-50-42-38-34-30-27-26-28-31-35-39-45-51-57-63-75(4)5)73-97-101(89,90)95-69-77(84)70-96-102(91,92)98-74-79(72-94-81(86)66-60-54-48-44-43-46-52-58-64-76(6)9-3)100-82(87)67-61-55-49-41-37-32-23-21-19-17-15-13-11-8-2/h75-79,84H,7-74H2,1-6H3,(H,89,90)(H,91,92)/t76?,77-,78-,79-/m1/s1. The fourth-order valence-corrected chi connectivity index (χ4v) is 14.4. The molecule has 0 bridgehead atoms.